The van der Waals surface area contributed by atoms with Gasteiger partial charge in [-0.05, 0) is 23.6 Å². The van der Waals surface area contributed by atoms with E-state index in [-0.39, 0.29) is 0 Å². The minimum atomic E-state index is 0.377. The Morgan fingerprint density at radius 2 is 1.89 bits per heavy atom. The van der Waals surface area contributed by atoms with Gasteiger partial charge in [0.1, 0.15) is 5.82 Å². The highest BCUT2D eigenvalue weighted by Gasteiger charge is 2.06. The van der Waals surface area contributed by atoms with Gasteiger partial charge in [-0.25, -0.2) is 4.98 Å². The van der Waals surface area contributed by atoms with Gasteiger partial charge >= 0.3 is 0 Å². The van der Waals surface area contributed by atoms with Crippen molar-refractivity contribution in [3.63, 3.8) is 0 Å². The van der Waals surface area contributed by atoms with Gasteiger partial charge in [0.05, 0.1) is 25.5 Å². The number of hydrogen-bond donors (Lipinski definition) is 2. The van der Waals surface area contributed by atoms with E-state index in [1.54, 1.807) is 7.05 Å². The van der Waals surface area contributed by atoms with Crippen LogP contribution in [0.15, 0.2) is 53.5 Å². The summed E-state index contributed by atoms with van der Waals surface area (Å²) in [6.07, 6.45) is 0. The van der Waals surface area contributed by atoms with Crippen LogP contribution >= 0.6 is 0 Å². The first kappa shape index (κ1) is 20.7. The monoisotopic (exact) mass is 369 g/mol. The van der Waals surface area contributed by atoms with Gasteiger partial charge < -0.3 is 20.3 Å². The Bertz CT molecular complexity index is 703. The Hall–Kier alpha value is -2.60. The van der Waals surface area contributed by atoms with Gasteiger partial charge in [0.25, 0.3) is 0 Å². The van der Waals surface area contributed by atoms with Crippen molar-refractivity contribution in [3.05, 3.63) is 59.8 Å². The summed E-state index contributed by atoms with van der Waals surface area (Å²) in [5.74, 6) is 2.09. The highest BCUT2D eigenvalue weighted by molar-refractivity contribution is 5.79. The van der Waals surface area contributed by atoms with Crippen LogP contribution < -0.4 is 15.5 Å². The number of guanidine groups is 1. The number of pyridine rings is 1. The molecular formula is C21H31N5O. The van der Waals surface area contributed by atoms with E-state index < -0.39 is 0 Å². The largest absolute Gasteiger partial charge is 0.376 e. The summed E-state index contributed by atoms with van der Waals surface area (Å²) in [6, 6.07) is 16.2. The predicted molar refractivity (Wildman–Crippen MR) is 112 cm³/mol. The number of hydrogen-bond acceptors (Lipinski definition) is 4. The molecule has 0 amide bonds. The van der Waals surface area contributed by atoms with Crippen LogP contribution in [-0.2, 0) is 17.9 Å². The van der Waals surface area contributed by atoms with E-state index in [0.717, 1.165) is 24.0 Å². The highest BCUT2D eigenvalue weighted by Crippen LogP contribution is 2.07. The molecule has 1 unspecified atom stereocenters. The number of nitrogens with zero attached hydrogens (tertiary/aromatic N) is 3. The predicted octanol–water partition coefficient (Wildman–Crippen LogP) is 2.67. The Morgan fingerprint density at radius 3 is 2.59 bits per heavy atom. The number of benzene rings is 1. The van der Waals surface area contributed by atoms with Crippen molar-refractivity contribution in [1.29, 1.82) is 0 Å². The van der Waals surface area contributed by atoms with Crippen LogP contribution in [0.3, 0.4) is 0 Å². The summed E-state index contributed by atoms with van der Waals surface area (Å²) < 4.78 is 5.80. The average Bonchev–Trinajstić information content (AvgIpc) is 2.69. The molecule has 2 rings (SSSR count). The number of nitrogens with one attached hydrogen (secondary N) is 2. The summed E-state index contributed by atoms with van der Waals surface area (Å²) in [5.41, 5.74) is 2.17. The highest BCUT2D eigenvalue weighted by atomic mass is 16.5. The van der Waals surface area contributed by atoms with Gasteiger partial charge in [-0.1, -0.05) is 43.3 Å². The van der Waals surface area contributed by atoms with Crippen molar-refractivity contribution in [2.75, 3.05) is 39.2 Å². The summed E-state index contributed by atoms with van der Waals surface area (Å²) in [6.45, 7) is 4.92. The molecule has 2 aromatic rings. The zero-order valence-corrected chi connectivity index (χ0v) is 16.8. The fourth-order valence-corrected chi connectivity index (χ4v) is 2.49. The molecule has 0 bridgehead atoms. The molecule has 2 N–H and O–H groups in total. The van der Waals surface area contributed by atoms with Crippen LogP contribution in [0.4, 0.5) is 5.82 Å². The maximum absolute atomic E-state index is 5.80. The summed E-state index contributed by atoms with van der Waals surface area (Å²) in [5, 5.41) is 6.65. The van der Waals surface area contributed by atoms with E-state index in [1.165, 1.54) is 5.56 Å². The first-order valence-electron chi connectivity index (χ1n) is 9.28. The van der Waals surface area contributed by atoms with Gasteiger partial charge in [-0.15, -0.1) is 0 Å². The minimum Gasteiger partial charge on any atom is -0.376 e. The molecule has 27 heavy (non-hydrogen) atoms. The van der Waals surface area contributed by atoms with Crippen LogP contribution in [0.2, 0.25) is 0 Å². The SMILES string of the molecule is CN=C(NCc1cccc(N(C)C)n1)NCC(C)COCc1ccccc1. The number of rotatable bonds is 9. The molecule has 0 aliphatic heterocycles. The van der Waals surface area contributed by atoms with Gasteiger partial charge in [0.15, 0.2) is 5.96 Å². The lowest BCUT2D eigenvalue weighted by atomic mass is 10.2. The third kappa shape index (κ3) is 7.66. The zero-order valence-electron chi connectivity index (χ0n) is 16.8. The summed E-state index contributed by atoms with van der Waals surface area (Å²) in [4.78, 5) is 10.9. The molecular weight excluding hydrogens is 338 g/mol. The molecule has 1 atom stereocenters. The molecule has 146 valence electrons. The Labute approximate surface area is 162 Å². The molecule has 1 heterocycles. The van der Waals surface area contributed by atoms with E-state index in [9.17, 15) is 0 Å². The van der Waals surface area contributed by atoms with Crippen molar-refractivity contribution in [2.24, 2.45) is 10.9 Å². The first-order chi connectivity index (χ1) is 13.1. The lowest BCUT2D eigenvalue weighted by Crippen LogP contribution is -2.39. The first-order valence-corrected chi connectivity index (χ1v) is 9.28. The molecule has 0 aliphatic carbocycles. The molecule has 1 aromatic carbocycles. The van der Waals surface area contributed by atoms with E-state index in [0.29, 0.717) is 25.7 Å². The molecule has 6 heteroatoms. The molecule has 1 aromatic heterocycles. The van der Waals surface area contributed by atoms with Gasteiger partial charge in [0.2, 0.25) is 0 Å². The molecule has 0 fully saturated rings. The van der Waals surface area contributed by atoms with Crippen molar-refractivity contribution in [2.45, 2.75) is 20.1 Å². The Balaban J connectivity index is 1.69. The maximum atomic E-state index is 5.80. The van der Waals surface area contributed by atoms with Crippen LogP contribution in [0.1, 0.15) is 18.2 Å². The minimum absolute atomic E-state index is 0.377. The number of aliphatic imine (C=N–C) groups is 1. The molecule has 0 spiro atoms. The Morgan fingerprint density at radius 1 is 1.11 bits per heavy atom. The van der Waals surface area contributed by atoms with Gasteiger partial charge in [0, 0.05) is 27.7 Å². The fourth-order valence-electron chi connectivity index (χ4n) is 2.49. The van der Waals surface area contributed by atoms with Crippen LogP contribution in [-0.4, -0.2) is 45.2 Å². The van der Waals surface area contributed by atoms with E-state index >= 15 is 0 Å². The summed E-state index contributed by atoms with van der Waals surface area (Å²) >= 11 is 0. The maximum Gasteiger partial charge on any atom is 0.191 e. The Kier molecular flexibility index (Phi) is 8.58. The smallest absolute Gasteiger partial charge is 0.191 e. The zero-order chi connectivity index (χ0) is 19.5. The number of anilines is 1. The van der Waals surface area contributed by atoms with Gasteiger partial charge in [-0.2, -0.15) is 0 Å². The van der Waals surface area contributed by atoms with Crippen molar-refractivity contribution < 1.29 is 4.74 Å². The molecule has 0 aliphatic rings. The second-order valence-corrected chi connectivity index (χ2v) is 6.79. The third-order valence-corrected chi connectivity index (χ3v) is 4.04. The number of aromatic nitrogens is 1. The summed E-state index contributed by atoms with van der Waals surface area (Å²) in [7, 11) is 5.75. The fraction of sp³-hybridized carbons (Fsp3) is 0.429. The van der Waals surface area contributed by atoms with Gasteiger partial charge in [-0.3, -0.25) is 4.99 Å². The second-order valence-electron chi connectivity index (χ2n) is 6.79. The van der Waals surface area contributed by atoms with Crippen molar-refractivity contribution >= 4 is 11.8 Å². The number of ether oxygens (including phenoxy) is 1. The second kappa shape index (κ2) is 11.2. The normalized spacial score (nSPS) is 12.5. The van der Waals surface area contributed by atoms with Crippen LogP contribution in [0.5, 0.6) is 0 Å². The quantitative estimate of drug-likeness (QED) is 0.526. The third-order valence-electron chi connectivity index (χ3n) is 4.04. The topological polar surface area (TPSA) is 61.8 Å². The molecule has 0 saturated carbocycles. The lowest BCUT2D eigenvalue weighted by Gasteiger charge is -2.17. The van der Waals surface area contributed by atoms with Crippen molar-refractivity contribution in [3.8, 4) is 0 Å². The van der Waals surface area contributed by atoms with E-state index in [1.807, 2.05) is 55.4 Å². The standard InChI is InChI=1S/C21H31N5O/c1-17(15-27-16-18-9-6-5-7-10-18)13-23-21(22-2)24-14-19-11-8-12-20(25-19)26(3)4/h5-12,17H,13-16H2,1-4H3,(H2,22,23,24). The van der Waals surface area contributed by atoms with E-state index in [4.69, 9.17) is 4.74 Å². The molecule has 0 radical (unpaired) electrons. The average molecular weight is 370 g/mol. The molecule has 0 saturated heterocycles. The van der Waals surface area contributed by atoms with E-state index in [2.05, 4.69) is 39.7 Å². The van der Waals surface area contributed by atoms with Crippen molar-refractivity contribution in [1.82, 2.24) is 15.6 Å². The van der Waals surface area contributed by atoms with Crippen LogP contribution in [0, 0.1) is 5.92 Å². The molecule has 6 nitrogen and oxygen atoms in total. The van der Waals surface area contributed by atoms with Crippen LogP contribution in [0.25, 0.3) is 0 Å². The lowest BCUT2D eigenvalue weighted by molar-refractivity contribution is 0.0931.